The van der Waals surface area contributed by atoms with Gasteiger partial charge < -0.3 is 10.4 Å². The maximum atomic E-state index is 13.9. The molecule has 114 valence electrons. The molecule has 2 N–H and O–H groups in total. The molecule has 1 aromatic carbocycles. The van der Waals surface area contributed by atoms with Gasteiger partial charge in [-0.05, 0) is 37.0 Å². The Labute approximate surface area is 123 Å². The van der Waals surface area contributed by atoms with Crippen LogP contribution in [0.2, 0.25) is 0 Å². The van der Waals surface area contributed by atoms with E-state index in [1.54, 1.807) is 0 Å². The van der Waals surface area contributed by atoms with E-state index in [9.17, 15) is 14.0 Å². The van der Waals surface area contributed by atoms with Gasteiger partial charge in [0.05, 0.1) is 11.1 Å². The number of hydrogen-bond donors (Lipinski definition) is 2. The predicted octanol–water partition coefficient (Wildman–Crippen LogP) is 3.22. The molecule has 1 aliphatic rings. The molecule has 2 rings (SSSR count). The van der Waals surface area contributed by atoms with Crippen LogP contribution in [0.1, 0.15) is 59.7 Å². The van der Waals surface area contributed by atoms with Crippen LogP contribution in [0.15, 0.2) is 18.2 Å². The summed E-state index contributed by atoms with van der Waals surface area (Å²) in [6, 6.07) is 3.45. The van der Waals surface area contributed by atoms with Gasteiger partial charge in [0.25, 0.3) is 5.91 Å². The Kier molecular flexibility index (Phi) is 4.94. The summed E-state index contributed by atoms with van der Waals surface area (Å²) in [5.41, 5.74) is -0.256. The van der Waals surface area contributed by atoms with Crippen LogP contribution in [0.3, 0.4) is 0 Å². The van der Waals surface area contributed by atoms with Crippen molar-refractivity contribution in [1.29, 1.82) is 0 Å². The molecule has 1 fully saturated rings. The third-order valence-corrected chi connectivity index (χ3v) is 4.21. The lowest BCUT2D eigenvalue weighted by Crippen LogP contribution is -2.42. The van der Waals surface area contributed by atoms with Crippen molar-refractivity contribution >= 4 is 11.9 Å². The van der Waals surface area contributed by atoms with Crippen LogP contribution in [0.4, 0.5) is 4.39 Å². The largest absolute Gasteiger partial charge is 0.478 e. The molecule has 0 radical (unpaired) electrons. The minimum Gasteiger partial charge on any atom is -0.478 e. The number of carbonyl (C=O) groups excluding carboxylic acids is 1. The number of halogens is 1. The molecule has 5 heteroatoms. The molecule has 4 nitrogen and oxygen atoms in total. The molecule has 0 aliphatic heterocycles. The first kappa shape index (κ1) is 15.5. The van der Waals surface area contributed by atoms with Crippen molar-refractivity contribution in [3.05, 3.63) is 35.1 Å². The monoisotopic (exact) mass is 293 g/mol. The van der Waals surface area contributed by atoms with Gasteiger partial charge >= 0.3 is 5.97 Å². The molecule has 1 aliphatic carbocycles. The van der Waals surface area contributed by atoms with Crippen LogP contribution in [-0.2, 0) is 0 Å². The van der Waals surface area contributed by atoms with Crippen molar-refractivity contribution in [3.8, 4) is 0 Å². The van der Waals surface area contributed by atoms with Gasteiger partial charge in [0, 0.05) is 6.04 Å². The Morgan fingerprint density at radius 2 is 2.05 bits per heavy atom. The molecule has 2 atom stereocenters. The first-order chi connectivity index (χ1) is 10.0. The molecule has 0 bridgehead atoms. The normalized spacial score (nSPS) is 21.8. The van der Waals surface area contributed by atoms with Crippen LogP contribution in [-0.4, -0.2) is 23.0 Å². The quantitative estimate of drug-likeness (QED) is 0.895. The summed E-state index contributed by atoms with van der Waals surface area (Å²) in [7, 11) is 0. The average Bonchev–Trinajstić information content (AvgIpc) is 2.47. The highest BCUT2D eigenvalue weighted by Crippen LogP contribution is 2.27. The molecule has 1 amide bonds. The Morgan fingerprint density at radius 1 is 1.33 bits per heavy atom. The Bertz CT molecular complexity index is 544. The summed E-state index contributed by atoms with van der Waals surface area (Å²) in [5, 5.41) is 11.7. The number of carbonyl (C=O) groups is 2. The number of aromatic carboxylic acids is 1. The molecule has 1 aromatic rings. The van der Waals surface area contributed by atoms with Crippen molar-refractivity contribution < 1.29 is 19.1 Å². The second-order valence-electron chi connectivity index (χ2n) is 5.53. The highest BCUT2D eigenvalue weighted by Gasteiger charge is 2.26. The van der Waals surface area contributed by atoms with Crippen LogP contribution < -0.4 is 5.32 Å². The zero-order valence-electron chi connectivity index (χ0n) is 12.1. The zero-order chi connectivity index (χ0) is 15.4. The summed E-state index contributed by atoms with van der Waals surface area (Å²) in [6.45, 7) is 2.09. The lowest BCUT2D eigenvalue weighted by atomic mass is 9.83. The van der Waals surface area contributed by atoms with Gasteiger partial charge in [0.2, 0.25) is 0 Å². The highest BCUT2D eigenvalue weighted by atomic mass is 19.1. The Morgan fingerprint density at radius 3 is 2.67 bits per heavy atom. The minimum absolute atomic E-state index is 0.0785. The lowest BCUT2D eigenvalue weighted by molar-refractivity contribution is 0.0695. The zero-order valence-corrected chi connectivity index (χ0v) is 12.1. The van der Waals surface area contributed by atoms with E-state index >= 15 is 0 Å². The molecule has 0 spiro atoms. The first-order valence-electron chi connectivity index (χ1n) is 7.36. The van der Waals surface area contributed by atoms with Crippen molar-refractivity contribution in [2.45, 2.75) is 45.1 Å². The summed E-state index contributed by atoms with van der Waals surface area (Å²) >= 11 is 0. The molecule has 0 aromatic heterocycles. The van der Waals surface area contributed by atoms with Gasteiger partial charge in [0.1, 0.15) is 5.82 Å². The molecule has 0 heterocycles. The summed E-state index contributed by atoms with van der Waals surface area (Å²) in [6.07, 6.45) is 5.24. The van der Waals surface area contributed by atoms with E-state index in [0.717, 1.165) is 31.7 Å². The maximum Gasteiger partial charge on any atom is 0.335 e. The van der Waals surface area contributed by atoms with E-state index in [-0.39, 0.29) is 17.2 Å². The fourth-order valence-corrected chi connectivity index (χ4v) is 2.96. The van der Waals surface area contributed by atoms with E-state index < -0.39 is 17.7 Å². The van der Waals surface area contributed by atoms with Crippen LogP contribution in [0.25, 0.3) is 0 Å². The number of rotatable bonds is 4. The second-order valence-corrected chi connectivity index (χ2v) is 5.53. The third kappa shape index (κ3) is 3.60. The fourth-order valence-electron chi connectivity index (χ4n) is 2.96. The van der Waals surface area contributed by atoms with Gasteiger partial charge in [0.15, 0.2) is 0 Å². The van der Waals surface area contributed by atoms with Crippen LogP contribution >= 0.6 is 0 Å². The fraction of sp³-hybridized carbons (Fsp3) is 0.500. The van der Waals surface area contributed by atoms with Gasteiger partial charge in [-0.2, -0.15) is 0 Å². The van der Waals surface area contributed by atoms with Gasteiger partial charge in [-0.3, -0.25) is 4.79 Å². The van der Waals surface area contributed by atoms with Crippen LogP contribution in [0, 0.1) is 11.7 Å². The molecule has 21 heavy (non-hydrogen) atoms. The van der Waals surface area contributed by atoms with Crippen molar-refractivity contribution in [3.63, 3.8) is 0 Å². The summed E-state index contributed by atoms with van der Waals surface area (Å²) in [5.74, 6) is -2.03. The van der Waals surface area contributed by atoms with Crippen molar-refractivity contribution in [1.82, 2.24) is 5.32 Å². The van der Waals surface area contributed by atoms with Crippen molar-refractivity contribution in [2.24, 2.45) is 5.92 Å². The molecule has 0 saturated heterocycles. The third-order valence-electron chi connectivity index (χ3n) is 4.21. The molecular weight excluding hydrogens is 273 g/mol. The number of hydrogen-bond acceptors (Lipinski definition) is 2. The summed E-state index contributed by atoms with van der Waals surface area (Å²) in [4.78, 5) is 22.9. The van der Waals surface area contributed by atoms with E-state index in [1.807, 2.05) is 0 Å². The first-order valence-corrected chi connectivity index (χ1v) is 7.36. The number of nitrogens with one attached hydrogen (secondary N) is 1. The molecule has 1 saturated carbocycles. The number of amides is 1. The second kappa shape index (κ2) is 6.70. The SMILES string of the molecule is CCC1CCCCC1NC(=O)c1ccc(C(=O)O)cc1F. The Hall–Kier alpha value is -1.91. The van der Waals surface area contributed by atoms with E-state index in [2.05, 4.69) is 12.2 Å². The standard InChI is InChI=1S/C16H20FNO3/c1-2-10-5-3-4-6-14(10)18-15(19)12-8-7-11(16(20)21)9-13(12)17/h7-10,14H,2-6H2,1H3,(H,18,19)(H,20,21). The number of carboxylic acid groups (broad SMARTS) is 1. The van der Waals surface area contributed by atoms with E-state index in [1.165, 1.54) is 18.6 Å². The number of carboxylic acids is 1. The minimum atomic E-state index is -1.21. The number of benzene rings is 1. The molecule has 2 unspecified atom stereocenters. The van der Waals surface area contributed by atoms with Crippen molar-refractivity contribution in [2.75, 3.05) is 0 Å². The average molecular weight is 293 g/mol. The van der Waals surface area contributed by atoms with Gasteiger partial charge in [-0.1, -0.05) is 26.2 Å². The smallest absolute Gasteiger partial charge is 0.335 e. The Balaban J connectivity index is 2.11. The maximum absolute atomic E-state index is 13.9. The van der Waals surface area contributed by atoms with E-state index in [0.29, 0.717) is 5.92 Å². The highest BCUT2D eigenvalue weighted by molar-refractivity contribution is 5.96. The van der Waals surface area contributed by atoms with E-state index in [4.69, 9.17) is 5.11 Å². The van der Waals surface area contributed by atoms with Gasteiger partial charge in [-0.25, -0.2) is 9.18 Å². The lowest BCUT2D eigenvalue weighted by Gasteiger charge is -2.31. The summed E-state index contributed by atoms with van der Waals surface area (Å²) < 4.78 is 13.9. The topological polar surface area (TPSA) is 66.4 Å². The predicted molar refractivity (Wildman–Crippen MR) is 76.9 cm³/mol. The van der Waals surface area contributed by atoms with Gasteiger partial charge in [-0.15, -0.1) is 0 Å². The van der Waals surface area contributed by atoms with Crippen LogP contribution in [0.5, 0.6) is 0 Å². The molecular formula is C16H20FNO3.